The Balaban J connectivity index is 1.48. The number of aliphatic imine (C=N–C) groups is 1. The van der Waals surface area contributed by atoms with Gasteiger partial charge in [0.1, 0.15) is 0 Å². The van der Waals surface area contributed by atoms with Crippen molar-refractivity contribution < 1.29 is 4.74 Å². The molecular weight excluding hydrogens is 300 g/mol. The normalized spacial score (nSPS) is 19.3. The van der Waals surface area contributed by atoms with Crippen LogP contribution in [-0.4, -0.2) is 50.3 Å². The van der Waals surface area contributed by atoms with E-state index in [1.54, 1.807) is 0 Å². The molecular formula is C19H30N4O. The highest BCUT2D eigenvalue weighted by Crippen LogP contribution is 2.27. The smallest absolute Gasteiger partial charge is 0.191 e. The van der Waals surface area contributed by atoms with Crippen LogP contribution in [-0.2, 0) is 17.8 Å². The van der Waals surface area contributed by atoms with Gasteiger partial charge in [0.2, 0.25) is 0 Å². The quantitative estimate of drug-likeness (QED) is 0.593. The van der Waals surface area contributed by atoms with Gasteiger partial charge in [-0.3, -0.25) is 4.90 Å². The molecule has 0 unspecified atom stereocenters. The van der Waals surface area contributed by atoms with Crippen LogP contribution >= 0.6 is 0 Å². The monoisotopic (exact) mass is 330 g/mol. The molecule has 0 bridgehead atoms. The Hall–Kier alpha value is -1.59. The van der Waals surface area contributed by atoms with Crippen molar-refractivity contribution in [3.63, 3.8) is 0 Å². The molecule has 1 aliphatic heterocycles. The van der Waals surface area contributed by atoms with Crippen LogP contribution in [0.1, 0.15) is 30.9 Å². The number of ether oxygens (including phenoxy) is 1. The van der Waals surface area contributed by atoms with Gasteiger partial charge in [0.15, 0.2) is 5.96 Å². The maximum absolute atomic E-state index is 5.40. The lowest BCUT2D eigenvalue weighted by molar-refractivity contribution is 0.0342. The van der Waals surface area contributed by atoms with Gasteiger partial charge in [-0.15, -0.1) is 0 Å². The van der Waals surface area contributed by atoms with E-state index in [-0.39, 0.29) is 0 Å². The number of morpholine rings is 1. The number of guanidine groups is 1. The van der Waals surface area contributed by atoms with E-state index < -0.39 is 0 Å². The fourth-order valence-corrected chi connectivity index (χ4v) is 2.84. The van der Waals surface area contributed by atoms with E-state index in [9.17, 15) is 0 Å². The third-order valence-corrected chi connectivity index (χ3v) is 4.55. The van der Waals surface area contributed by atoms with Crippen molar-refractivity contribution in [2.75, 3.05) is 39.4 Å². The van der Waals surface area contributed by atoms with Gasteiger partial charge < -0.3 is 15.4 Å². The van der Waals surface area contributed by atoms with Crippen molar-refractivity contribution in [3.05, 3.63) is 35.4 Å². The summed E-state index contributed by atoms with van der Waals surface area (Å²) >= 11 is 0. The van der Waals surface area contributed by atoms with E-state index >= 15 is 0 Å². The van der Waals surface area contributed by atoms with Crippen molar-refractivity contribution in [2.45, 2.75) is 32.9 Å². The minimum absolute atomic E-state index is 0.720. The van der Waals surface area contributed by atoms with E-state index in [4.69, 9.17) is 9.73 Å². The number of hydrogen-bond donors (Lipinski definition) is 2. The Morgan fingerprint density at radius 3 is 2.50 bits per heavy atom. The number of hydrogen-bond acceptors (Lipinski definition) is 3. The topological polar surface area (TPSA) is 48.9 Å². The van der Waals surface area contributed by atoms with E-state index in [1.807, 2.05) is 0 Å². The van der Waals surface area contributed by atoms with Gasteiger partial charge in [-0.2, -0.15) is 0 Å². The Morgan fingerprint density at radius 2 is 1.83 bits per heavy atom. The van der Waals surface area contributed by atoms with Gasteiger partial charge in [-0.1, -0.05) is 24.3 Å². The zero-order chi connectivity index (χ0) is 16.6. The molecule has 1 saturated heterocycles. The fourth-order valence-electron chi connectivity index (χ4n) is 2.84. The molecule has 0 spiro atoms. The summed E-state index contributed by atoms with van der Waals surface area (Å²) in [5, 5.41) is 6.76. The minimum Gasteiger partial charge on any atom is -0.379 e. The molecule has 1 aliphatic carbocycles. The second-order valence-corrected chi connectivity index (χ2v) is 6.72. The van der Waals surface area contributed by atoms with Crippen molar-refractivity contribution >= 4 is 5.96 Å². The summed E-state index contributed by atoms with van der Waals surface area (Å²) in [4.78, 5) is 7.14. The van der Waals surface area contributed by atoms with E-state index in [2.05, 4.69) is 46.7 Å². The lowest BCUT2D eigenvalue weighted by Crippen LogP contribution is -2.38. The third-order valence-electron chi connectivity index (χ3n) is 4.55. The van der Waals surface area contributed by atoms with Crippen LogP contribution < -0.4 is 10.6 Å². The second kappa shape index (κ2) is 9.04. The second-order valence-electron chi connectivity index (χ2n) is 6.72. The SMILES string of the molecule is CCNC(=NCc1ccc(CN2CCOCC2)cc1)NCC1CC1. The summed E-state index contributed by atoms with van der Waals surface area (Å²) in [6.07, 6.45) is 2.72. The first-order chi connectivity index (χ1) is 11.8. The van der Waals surface area contributed by atoms with E-state index in [1.165, 1.54) is 24.0 Å². The van der Waals surface area contributed by atoms with Crippen LogP contribution in [0.15, 0.2) is 29.3 Å². The summed E-state index contributed by atoms with van der Waals surface area (Å²) in [5.74, 6) is 1.79. The molecule has 5 heteroatoms. The average Bonchev–Trinajstić information content (AvgIpc) is 3.44. The molecule has 3 rings (SSSR count). The molecule has 1 aromatic rings. The molecule has 1 saturated carbocycles. The fraction of sp³-hybridized carbons (Fsp3) is 0.632. The first kappa shape index (κ1) is 17.2. The van der Waals surface area contributed by atoms with Gasteiger partial charge in [0.05, 0.1) is 19.8 Å². The van der Waals surface area contributed by atoms with Gasteiger partial charge in [-0.25, -0.2) is 4.99 Å². The number of benzene rings is 1. The summed E-state index contributed by atoms with van der Waals surface area (Å²) in [6, 6.07) is 8.85. The standard InChI is InChI=1S/C19H30N4O/c1-2-20-19(21-13-16-3-4-16)22-14-17-5-7-18(8-6-17)15-23-9-11-24-12-10-23/h5-8,16H,2-4,9-15H2,1H3,(H2,20,21,22). The lowest BCUT2D eigenvalue weighted by atomic mass is 10.1. The van der Waals surface area contributed by atoms with Crippen molar-refractivity contribution in [2.24, 2.45) is 10.9 Å². The molecule has 2 N–H and O–H groups in total. The maximum Gasteiger partial charge on any atom is 0.191 e. The Labute approximate surface area is 145 Å². The lowest BCUT2D eigenvalue weighted by Gasteiger charge is -2.26. The van der Waals surface area contributed by atoms with Crippen molar-refractivity contribution in [1.82, 2.24) is 15.5 Å². The predicted molar refractivity (Wildman–Crippen MR) is 98.1 cm³/mol. The zero-order valence-electron chi connectivity index (χ0n) is 14.8. The molecule has 0 aromatic heterocycles. The van der Waals surface area contributed by atoms with Gasteiger partial charge in [0, 0.05) is 32.7 Å². The average molecular weight is 330 g/mol. The van der Waals surface area contributed by atoms with Crippen LogP contribution in [0.3, 0.4) is 0 Å². The summed E-state index contributed by atoms with van der Waals surface area (Å²) < 4.78 is 5.40. The molecule has 2 aliphatic rings. The highest BCUT2D eigenvalue weighted by molar-refractivity contribution is 5.79. The molecule has 1 heterocycles. The Bertz CT molecular complexity index is 519. The molecule has 132 valence electrons. The largest absolute Gasteiger partial charge is 0.379 e. The van der Waals surface area contributed by atoms with E-state index in [0.29, 0.717) is 0 Å². The molecule has 1 aromatic carbocycles. The third kappa shape index (κ3) is 5.80. The minimum atomic E-state index is 0.720. The zero-order valence-corrected chi connectivity index (χ0v) is 14.8. The number of rotatable bonds is 7. The van der Waals surface area contributed by atoms with Crippen LogP contribution in [0, 0.1) is 5.92 Å². The Kier molecular flexibility index (Phi) is 6.49. The van der Waals surface area contributed by atoms with Crippen LogP contribution in [0.2, 0.25) is 0 Å². The first-order valence-corrected chi connectivity index (χ1v) is 9.23. The van der Waals surface area contributed by atoms with E-state index in [0.717, 1.165) is 64.4 Å². The highest BCUT2D eigenvalue weighted by atomic mass is 16.5. The van der Waals surface area contributed by atoms with Crippen LogP contribution in [0.4, 0.5) is 0 Å². The number of nitrogens with one attached hydrogen (secondary N) is 2. The Morgan fingerprint density at radius 1 is 1.12 bits per heavy atom. The summed E-state index contributed by atoms with van der Waals surface area (Å²) in [5.41, 5.74) is 2.62. The first-order valence-electron chi connectivity index (χ1n) is 9.23. The summed E-state index contributed by atoms with van der Waals surface area (Å²) in [6.45, 7) is 9.56. The predicted octanol–water partition coefficient (Wildman–Crippen LogP) is 1.98. The van der Waals surface area contributed by atoms with Crippen LogP contribution in [0.5, 0.6) is 0 Å². The van der Waals surface area contributed by atoms with Crippen molar-refractivity contribution in [1.29, 1.82) is 0 Å². The number of nitrogens with zero attached hydrogens (tertiary/aromatic N) is 2. The maximum atomic E-state index is 5.40. The summed E-state index contributed by atoms with van der Waals surface area (Å²) in [7, 11) is 0. The molecule has 0 amide bonds. The van der Waals surface area contributed by atoms with Gasteiger partial charge >= 0.3 is 0 Å². The highest BCUT2D eigenvalue weighted by Gasteiger charge is 2.21. The molecule has 0 atom stereocenters. The van der Waals surface area contributed by atoms with Crippen LogP contribution in [0.25, 0.3) is 0 Å². The molecule has 24 heavy (non-hydrogen) atoms. The molecule has 5 nitrogen and oxygen atoms in total. The van der Waals surface area contributed by atoms with Gasteiger partial charge in [0.25, 0.3) is 0 Å². The van der Waals surface area contributed by atoms with Crippen molar-refractivity contribution in [3.8, 4) is 0 Å². The molecule has 2 fully saturated rings. The van der Waals surface area contributed by atoms with Gasteiger partial charge in [-0.05, 0) is 36.8 Å². The molecule has 0 radical (unpaired) electrons.